The van der Waals surface area contributed by atoms with E-state index in [4.69, 9.17) is 13.3 Å². The molecule has 318 valence electrons. The molecule has 0 unspecified atom stereocenters. The predicted molar refractivity (Wildman–Crippen MR) is 244 cm³/mol. The summed E-state index contributed by atoms with van der Waals surface area (Å²) in [6, 6.07) is 0. The van der Waals surface area contributed by atoms with E-state index < -0.39 is 48.4 Å². The summed E-state index contributed by atoms with van der Waals surface area (Å²) in [6.07, 6.45) is 9.08. The molecular formula is C44H83NO6SSi3. The molecule has 5 atom stereocenters. The SMILES string of the molecule is C/C(=C\c1csc(C)n1)[C@H](C/C=C\CCC[C@H](C)[C@@H](O[Si](C)(C)C(C)(C)C)[C@H](C)C(=O)C(C)(C)[C@H](CC(=O)O)O[Si](C)(C)C(C)(C)C)O[Si](C)(C)C(C)(C)C. The number of nitrogens with zero attached hydrogens (tertiary/aromatic N) is 1. The zero-order valence-corrected chi connectivity index (χ0v) is 42.9. The number of allylic oxidation sites excluding steroid dienone is 1. The number of aryl methyl sites for hydroxylation is 1. The summed E-state index contributed by atoms with van der Waals surface area (Å²) in [5, 5.41) is 13.1. The Morgan fingerprint density at radius 1 is 0.818 bits per heavy atom. The number of hydrogen-bond acceptors (Lipinski definition) is 7. The van der Waals surface area contributed by atoms with E-state index in [0.717, 1.165) is 36.4 Å². The van der Waals surface area contributed by atoms with E-state index in [1.165, 1.54) is 5.57 Å². The molecule has 0 bridgehead atoms. The van der Waals surface area contributed by atoms with Gasteiger partial charge in [-0.2, -0.15) is 0 Å². The second-order valence-corrected chi connectivity index (χ2v) is 36.7. The largest absolute Gasteiger partial charge is 0.481 e. The van der Waals surface area contributed by atoms with Crippen molar-refractivity contribution in [2.24, 2.45) is 17.3 Å². The molecule has 0 amide bonds. The second kappa shape index (κ2) is 19.7. The van der Waals surface area contributed by atoms with Crippen molar-refractivity contribution >= 4 is 54.1 Å². The monoisotopic (exact) mass is 838 g/mol. The van der Waals surface area contributed by atoms with E-state index in [1.807, 2.05) is 27.7 Å². The van der Waals surface area contributed by atoms with Gasteiger partial charge in [-0.05, 0) is 111 Å². The van der Waals surface area contributed by atoms with E-state index >= 15 is 0 Å². The van der Waals surface area contributed by atoms with E-state index in [9.17, 15) is 14.7 Å². The molecule has 1 N–H and O–H groups in total. The molecule has 7 nitrogen and oxygen atoms in total. The molecular weight excluding hydrogens is 755 g/mol. The summed E-state index contributed by atoms with van der Waals surface area (Å²) in [5.74, 6) is -1.25. The number of thiazole rings is 1. The molecule has 1 aromatic rings. The van der Waals surface area contributed by atoms with Gasteiger partial charge >= 0.3 is 5.97 Å². The van der Waals surface area contributed by atoms with Gasteiger partial charge in [0.2, 0.25) is 0 Å². The molecule has 0 saturated carbocycles. The maximum Gasteiger partial charge on any atom is 0.305 e. The van der Waals surface area contributed by atoms with Gasteiger partial charge in [0.15, 0.2) is 25.0 Å². The van der Waals surface area contributed by atoms with Crippen molar-refractivity contribution in [1.82, 2.24) is 4.98 Å². The first-order valence-electron chi connectivity index (χ1n) is 20.6. The molecule has 0 fully saturated rings. The van der Waals surface area contributed by atoms with Gasteiger partial charge in [-0.25, -0.2) is 4.98 Å². The van der Waals surface area contributed by atoms with Crippen LogP contribution in [0.15, 0.2) is 23.1 Å². The van der Waals surface area contributed by atoms with E-state index in [-0.39, 0.29) is 45.4 Å². The number of hydrogen-bond donors (Lipinski definition) is 1. The van der Waals surface area contributed by atoms with Crippen LogP contribution in [0, 0.1) is 24.2 Å². The number of ketones is 1. The summed E-state index contributed by atoms with van der Waals surface area (Å²) in [6.45, 7) is 45.5. The van der Waals surface area contributed by atoms with Gasteiger partial charge in [-0.1, -0.05) is 102 Å². The van der Waals surface area contributed by atoms with Crippen molar-refractivity contribution in [2.45, 2.75) is 209 Å². The first-order valence-corrected chi connectivity index (χ1v) is 30.2. The third kappa shape index (κ3) is 15.2. The Morgan fingerprint density at radius 3 is 1.76 bits per heavy atom. The van der Waals surface area contributed by atoms with E-state index in [2.05, 4.69) is 144 Å². The minimum atomic E-state index is -2.38. The topological polar surface area (TPSA) is 95.0 Å². The lowest BCUT2D eigenvalue weighted by Crippen LogP contribution is -2.54. The van der Waals surface area contributed by atoms with Crippen molar-refractivity contribution in [3.8, 4) is 0 Å². The van der Waals surface area contributed by atoms with Crippen molar-refractivity contribution < 1.29 is 28.0 Å². The fraction of sp³-hybridized carbons (Fsp3) is 0.795. The molecule has 1 rings (SSSR count). The Bertz CT molecular complexity index is 1460. The molecule has 0 aliphatic carbocycles. The molecule has 0 aliphatic heterocycles. The quantitative estimate of drug-likeness (QED) is 0.0748. The Kier molecular flexibility index (Phi) is 18.5. The highest BCUT2D eigenvalue weighted by molar-refractivity contribution is 7.09. The highest BCUT2D eigenvalue weighted by Crippen LogP contribution is 2.44. The molecule has 0 aliphatic rings. The summed E-state index contributed by atoms with van der Waals surface area (Å²) >= 11 is 1.67. The number of carboxylic acid groups (broad SMARTS) is 1. The first kappa shape index (κ1) is 51.8. The third-order valence-electron chi connectivity index (χ3n) is 13.1. The molecule has 55 heavy (non-hydrogen) atoms. The number of aliphatic carboxylic acids is 1. The van der Waals surface area contributed by atoms with Gasteiger partial charge in [-0.3, -0.25) is 9.59 Å². The Hall–Kier alpha value is -1.22. The molecule has 0 radical (unpaired) electrons. The average molecular weight is 838 g/mol. The van der Waals surface area contributed by atoms with Gasteiger partial charge in [0, 0.05) is 16.7 Å². The minimum Gasteiger partial charge on any atom is -0.481 e. The zero-order valence-electron chi connectivity index (χ0n) is 39.1. The number of carbonyl (C=O) groups excluding carboxylic acids is 1. The maximum absolute atomic E-state index is 14.7. The van der Waals surface area contributed by atoms with Crippen LogP contribution in [0.3, 0.4) is 0 Å². The van der Waals surface area contributed by atoms with E-state index in [0.29, 0.717) is 0 Å². The number of rotatable bonds is 21. The fourth-order valence-electron chi connectivity index (χ4n) is 5.95. The van der Waals surface area contributed by atoms with E-state index in [1.54, 1.807) is 11.3 Å². The number of unbranched alkanes of at least 4 members (excludes halogenated alkanes) is 1. The summed E-state index contributed by atoms with van der Waals surface area (Å²) in [7, 11) is -6.65. The number of carbonyl (C=O) groups is 2. The molecule has 0 saturated heterocycles. The lowest BCUT2D eigenvalue weighted by atomic mass is 9.73. The maximum atomic E-state index is 14.7. The van der Waals surface area contributed by atoms with Crippen LogP contribution in [0.1, 0.15) is 140 Å². The van der Waals surface area contributed by atoms with Crippen molar-refractivity contribution in [3.05, 3.63) is 33.8 Å². The van der Waals surface area contributed by atoms with Gasteiger partial charge in [-0.15, -0.1) is 11.3 Å². The smallest absolute Gasteiger partial charge is 0.305 e. The zero-order chi connectivity index (χ0) is 43.2. The van der Waals surface area contributed by atoms with Crippen LogP contribution in [0.4, 0.5) is 0 Å². The molecule has 0 spiro atoms. The Balaban J connectivity index is 3.29. The molecule has 1 aromatic heterocycles. The summed E-state index contributed by atoms with van der Waals surface area (Å²) in [5.41, 5.74) is 1.17. The normalized spacial score (nSPS) is 17.3. The van der Waals surface area contributed by atoms with Crippen LogP contribution in [-0.4, -0.2) is 65.1 Å². The van der Waals surface area contributed by atoms with Gasteiger partial charge in [0.25, 0.3) is 0 Å². The highest BCUT2D eigenvalue weighted by atomic mass is 32.1. The fourth-order valence-corrected chi connectivity index (χ4v) is 10.8. The third-order valence-corrected chi connectivity index (χ3v) is 27.3. The van der Waals surface area contributed by atoms with Gasteiger partial charge in [0.05, 0.1) is 35.4 Å². The van der Waals surface area contributed by atoms with Crippen molar-refractivity contribution in [1.29, 1.82) is 0 Å². The van der Waals surface area contributed by atoms with Gasteiger partial charge < -0.3 is 18.4 Å². The van der Waals surface area contributed by atoms with Crippen LogP contribution in [0.5, 0.6) is 0 Å². The van der Waals surface area contributed by atoms with Gasteiger partial charge in [0.1, 0.15) is 5.78 Å². The molecule has 11 heteroatoms. The lowest BCUT2D eigenvalue weighted by Gasteiger charge is -2.46. The molecule has 1 heterocycles. The Labute approximate surface area is 345 Å². The number of Topliss-reactive ketones (excluding diaryl/α,β-unsaturated/α-hetero) is 1. The average Bonchev–Trinajstić information content (AvgIpc) is 3.41. The Morgan fingerprint density at radius 2 is 1.31 bits per heavy atom. The summed E-state index contributed by atoms with van der Waals surface area (Å²) < 4.78 is 20.8. The lowest BCUT2D eigenvalue weighted by molar-refractivity contribution is -0.146. The van der Waals surface area contributed by atoms with Crippen molar-refractivity contribution in [3.63, 3.8) is 0 Å². The van der Waals surface area contributed by atoms with Crippen LogP contribution in [-0.2, 0) is 22.9 Å². The van der Waals surface area contributed by atoms with Crippen LogP contribution < -0.4 is 0 Å². The molecule has 0 aromatic carbocycles. The number of carboxylic acids is 1. The summed E-state index contributed by atoms with van der Waals surface area (Å²) in [4.78, 5) is 31.5. The standard InChI is InChI=1S/C44H83NO6SSi3/c1-31(26-24-22-23-25-27-36(49-53(16,17)41(5,6)7)32(2)28-35-30-52-34(4)45-35)39(51-55(20,21)43(11,12)13)33(3)40(48)44(14,15)37(29-38(46)47)50-54(18,19)42(8,9)10/h23,25,28,30-31,33,36-37,39H,22,24,26-27,29H2,1-21H3,(H,46,47)/b25-23-,32-28+/t31-,33-,36-,37-,39+/m0/s1. The second-order valence-electron chi connectivity index (χ2n) is 21.3. The van der Waals surface area contributed by atoms with Crippen LogP contribution in [0.2, 0.25) is 54.4 Å². The first-order chi connectivity index (χ1) is 24.6. The van der Waals surface area contributed by atoms with Crippen LogP contribution >= 0.6 is 11.3 Å². The van der Waals surface area contributed by atoms with Crippen molar-refractivity contribution in [2.75, 3.05) is 0 Å². The van der Waals surface area contributed by atoms with Crippen LogP contribution in [0.25, 0.3) is 6.08 Å². The minimum absolute atomic E-state index is 0.0110. The predicted octanol–water partition coefficient (Wildman–Crippen LogP) is 13.5. The number of aromatic nitrogens is 1. The highest BCUT2D eigenvalue weighted by Gasteiger charge is 2.50.